The molecule has 0 heterocycles. The van der Waals surface area contributed by atoms with Crippen molar-refractivity contribution >= 4 is 0 Å². The van der Waals surface area contributed by atoms with Crippen LogP contribution in [0.5, 0.6) is 0 Å². The summed E-state index contributed by atoms with van der Waals surface area (Å²) in [5.74, 6) is 0. The average molecular weight is 398 g/mol. The van der Waals surface area contributed by atoms with Crippen molar-refractivity contribution in [2.24, 2.45) is 5.73 Å². The van der Waals surface area contributed by atoms with Gasteiger partial charge in [-0.1, -0.05) is 136 Å². The van der Waals surface area contributed by atoms with Gasteiger partial charge in [-0.05, 0) is 19.3 Å². The van der Waals surface area contributed by atoms with E-state index in [-0.39, 0.29) is 6.23 Å². The molecule has 0 aliphatic carbocycles. The quantitative estimate of drug-likeness (QED) is 0.130. The van der Waals surface area contributed by atoms with Crippen molar-refractivity contribution in [1.29, 1.82) is 0 Å². The Morgan fingerprint density at radius 1 is 0.464 bits per heavy atom. The molecule has 0 radical (unpaired) electrons. The second-order valence-electron chi connectivity index (χ2n) is 8.92. The van der Waals surface area contributed by atoms with Gasteiger partial charge >= 0.3 is 0 Å². The molecule has 0 rings (SSSR count). The van der Waals surface area contributed by atoms with Gasteiger partial charge in [-0.15, -0.1) is 0 Å². The smallest absolute Gasteiger partial charge is 0.105 e. The molecule has 28 heavy (non-hydrogen) atoms. The standard InChI is InChI=1S/C26H55NO/c1-3-5-7-9-11-13-15-17-19-21-23-25-28-26(27)24-22-20-18-16-14-12-10-8-6-4-2/h26H,3-25,27H2,1-2H3. The van der Waals surface area contributed by atoms with Gasteiger partial charge in [-0.2, -0.15) is 0 Å². The van der Waals surface area contributed by atoms with Gasteiger partial charge in [0.15, 0.2) is 0 Å². The molecule has 1 atom stereocenters. The molecule has 1 unspecified atom stereocenters. The van der Waals surface area contributed by atoms with E-state index >= 15 is 0 Å². The molecule has 0 amide bonds. The van der Waals surface area contributed by atoms with Crippen LogP contribution in [0.1, 0.15) is 155 Å². The van der Waals surface area contributed by atoms with Crippen LogP contribution in [0.3, 0.4) is 0 Å². The highest BCUT2D eigenvalue weighted by Gasteiger charge is 2.02. The Bertz CT molecular complexity index is 269. The number of nitrogens with two attached hydrogens (primary N) is 1. The van der Waals surface area contributed by atoms with Gasteiger partial charge in [-0.3, -0.25) is 0 Å². The molecule has 2 nitrogen and oxygen atoms in total. The van der Waals surface area contributed by atoms with Crippen LogP contribution in [0.25, 0.3) is 0 Å². The van der Waals surface area contributed by atoms with Crippen molar-refractivity contribution in [2.45, 2.75) is 161 Å². The third kappa shape index (κ3) is 24.0. The Kier molecular flexibility index (Phi) is 24.9. The number of ether oxygens (including phenoxy) is 1. The molecule has 0 aliphatic heterocycles. The maximum Gasteiger partial charge on any atom is 0.105 e. The van der Waals surface area contributed by atoms with Crippen molar-refractivity contribution in [1.82, 2.24) is 0 Å². The summed E-state index contributed by atoms with van der Waals surface area (Å²) in [4.78, 5) is 0. The van der Waals surface area contributed by atoms with Crippen LogP contribution in [0.4, 0.5) is 0 Å². The fourth-order valence-electron chi connectivity index (χ4n) is 3.92. The summed E-state index contributed by atoms with van der Waals surface area (Å²) in [6.45, 7) is 5.43. The van der Waals surface area contributed by atoms with Crippen molar-refractivity contribution in [3.63, 3.8) is 0 Å². The van der Waals surface area contributed by atoms with Gasteiger partial charge in [-0.25, -0.2) is 0 Å². The monoisotopic (exact) mass is 397 g/mol. The van der Waals surface area contributed by atoms with Crippen LogP contribution < -0.4 is 5.73 Å². The molecule has 0 bridgehead atoms. The summed E-state index contributed by atoms with van der Waals surface area (Å²) in [5.41, 5.74) is 6.09. The SMILES string of the molecule is CCCCCCCCCCCCCOC(N)CCCCCCCCCCCC. The molecule has 170 valence electrons. The first-order valence-corrected chi connectivity index (χ1v) is 13.2. The van der Waals surface area contributed by atoms with Crippen LogP contribution in [-0.4, -0.2) is 12.8 Å². The molecular weight excluding hydrogens is 342 g/mol. The zero-order chi connectivity index (χ0) is 20.5. The first kappa shape index (κ1) is 27.9. The van der Waals surface area contributed by atoms with Crippen molar-refractivity contribution in [2.75, 3.05) is 6.61 Å². The lowest BCUT2D eigenvalue weighted by Gasteiger charge is -2.13. The minimum atomic E-state index is -0.0304. The summed E-state index contributed by atoms with van der Waals surface area (Å²) in [5, 5.41) is 0. The number of unbranched alkanes of at least 4 members (excludes halogenated alkanes) is 19. The maximum atomic E-state index is 6.09. The minimum Gasteiger partial charge on any atom is -0.364 e. The average Bonchev–Trinajstić information content (AvgIpc) is 2.70. The molecule has 0 saturated heterocycles. The van der Waals surface area contributed by atoms with Crippen LogP contribution in [0.2, 0.25) is 0 Å². The predicted octanol–water partition coefficient (Wildman–Crippen LogP) is 8.91. The highest BCUT2D eigenvalue weighted by molar-refractivity contribution is 4.53. The highest BCUT2D eigenvalue weighted by Crippen LogP contribution is 2.13. The van der Waals surface area contributed by atoms with Gasteiger partial charge in [0.2, 0.25) is 0 Å². The number of rotatable bonds is 24. The minimum absolute atomic E-state index is 0.0304. The molecule has 0 aromatic rings. The van der Waals surface area contributed by atoms with E-state index in [2.05, 4.69) is 13.8 Å². The normalized spacial score (nSPS) is 12.5. The second-order valence-corrected chi connectivity index (χ2v) is 8.92. The summed E-state index contributed by atoms with van der Waals surface area (Å²) in [6.07, 6.45) is 30.0. The third-order valence-corrected chi connectivity index (χ3v) is 5.92. The summed E-state index contributed by atoms with van der Waals surface area (Å²) in [6, 6.07) is 0. The van der Waals surface area contributed by atoms with Crippen LogP contribution in [0, 0.1) is 0 Å². The van der Waals surface area contributed by atoms with Gasteiger partial charge in [0.25, 0.3) is 0 Å². The first-order chi connectivity index (χ1) is 13.8. The van der Waals surface area contributed by atoms with E-state index in [4.69, 9.17) is 10.5 Å². The lowest BCUT2D eigenvalue weighted by atomic mass is 10.1. The number of hydrogen-bond donors (Lipinski definition) is 1. The van der Waals surface area contributed by atoms with E-state index in [0.717, 1.165) is 13.0 Å². The van der Waals surface area contributed by atoms with Crippen LogP contribution in [0.15, 0.2) is 0 Å². The van der Waals surface area contributed by atoms with E-state index in [1.54, 1.807) is 0 Å². The summed E-state index contributed by atoms with van der Waals surface area (Å²) >= 11 is 0. The van der Waals surface area contributed by atoms with Crippen molar-refractivity contribution in [3.05, 3.63) is 0 Å². The Labute approximate surface area is 178 Å². The van der Waals surface area contributed by atoms with E-state index < -0.39 is 0 Å². The van der Waals surface area contributed by atoms with Gasteiger partial charge < -0.3 is 10.5 Å². The second kappa shape index (κ2) is 25.0. The van der Waals surface area contributed by atoms with Gasteiger partial charge in [0.05, 0.1) is 0 Å². The fourth-order valence-corrected chi connectivity index (χ4v) is 3.92. The summed E-state index contributed by atoms with van der Waals surface area (Å²) in [7, 11) is 0. The zero-order valence-corrected chi connectivity index (χ0v) is 19.8. The van der Waals surface area contributed by atoms with Crippen molar-refractivity contribution in [3.8, 4) is 0 Å². The lowest BCUT2D eigenvalue weighted by Crippen LogP contribution is -2.24. The van der Waals surface area contributed by atoms with Gasteiger partial charge in [0.1, 0.15) is 6.23 Å². The molecular formula is C26H55NO. The largest absolute Gasteiger partial charge is 0.364 e. The Morgan fingerprint density at radius 2 is 0.786 bits per heavy atom. The molecule has 0 aromatic carbocycles. The van der Waals surface area contributed by atoms with Crippen LogP contribution >= 0.6 is 0 Å². The molecule has 0 aromatic heterocycles. The number of hydrogen-bond acceptors (Lipinski definition) is 2. The molecule has 0 fully saturated rings. The summed E-state index contributed by atoms with van der Waals surface area (Å²) < 4.78 is 5.78. The van der Waals surface area contributed by atoms with E-state index in [0.29, 0.717) is 0 Å². The molecule has 0 spiro atoms. The third-order valence-electron chi connectivity index (χ3n) is 5.92. The molecule has 0 aliphatic rings. The Balaban J connectivity index is 3.12. The van der Waals surface area contributed by atoms with Gasteiger partial charge in [0, 0.05) is 6.61 Å². The van der Waals surface area contributed by atoms with E-state index in [1.807, 2.05) is 0 Å². The lowest BCUT2D eigenvalue weighted by molar-refractivity contribution is 0.0475. The zero-order valence-electron chi connectivity index (χ0n) is 19.8. The fraction of sp³-hybridized carbons (Fsp3) is 1.00. The Hall–Kier alpha value is -0.0800. The van der Waals surface area contributed by atoms with Crippen LogP contribution in [-0.2, 0) is 4.74 Å². The topological polar surface area (TPSA) is 35.2 Å². The van der Waals surface area contributed by atoms with E-state index in [1.165, 1.54) is 135 Å². The Morgan fingerprint density at radius 3 is 1.18 bits per heavy atom. The molecule has 0 saturated carbocycles. The first-order valence-electron chi connectivity index (χ1n) is 13.2. The maximum absolute atomic E-state index is 6.09. The molecule has 2 N–H and O–H groups in total. The predicted molar refractivity (Wildman–Crippen MR) is 127 cm³/mol. The van der Waals surface area contributed by atoms with Crippen molar-refractivity contribution < 1.29 is 4.74 Å². The molecule has 2 heteroatoms. The highest BCUT2D eigenvalue weighted by atomic mass is 16.5. The van der Waals surface area contributed by atoms with E-state index in [9.17, 15) is 0 Å².